The minimum absolute atomic E-state index is 0.179. The Morgan fingerprint density at radius 3 is 1.68 bits per heavy atom. The first-order valence-corrected chi connectivity index (χ1v) is 14.6. The summed E-state index contributed by atoms with van der Waals surface area (Å²) in [6.45, 7) is 6.31. The predicted octanol–water partition coefficient (Wildman–Crippen LogP) is 8.15. The van der Waals surface area contributed by atoms with Crippen LogP contribution in [0.25, 0.3) is 0 Å². The van der Waals surface area contributed by atoms with E-state index in [9.17, 15) is 0 Å². The molecule has 37 heavy (non-hydrogen) atoms. The number of hydrogen-bond acceptors (Lipinski definition) is 4. The van der Waals surface area contributed by atoms with Crippen LogP contribution in [0.15, 0.2) is 121 Å². The molecule has 5 atom stereocenters. The first kappa shape index (κ1) is 25.6. The summed E-state index contributed by atoms with van der Waals surface area (Å²) in [5.41, 5.74) is 3.71. The second-order valence-corrected chi connectivity index (χ2v) is 13.2. The van der Waals surface area contributed by atoms with E-state index in [2.05, 4.69) is 55.7 Å². The molecule has 1 saturated heterocycles. The van der Waals surface area contributed by atoms with E-state index in [1.165, 1.54) is 0 Å². The molecule has 190 valence electrons. The molecule has 0 saturated carbocycles. The van der Waals surface area contributed by atoms with Crippen LogP contribution in [0.2, 0.25) is 0 Å². The maximum Gasteiger partial charge on any atom is 0.245 e. The summed E-state index contributed by atoms with van der Waals surface area (Å²) in [7, 11) is -3.48. The number of hydrogen-bond donors (Lipinski definition) is 2. The molecule has 0 aliphatic carbocycles. The second kappa shape index (κ2) is 10.8. The molecule has 0 radical (unpaired) electrons. The molecule has 1 heterocycles. The smallest absolute Gasteiger partial charge is 0.245 e. The van der Waals surface area contributed by atoms with E-state index in [1.807, 2.05) is 97.1 Å². The second-order valence-electron chi connectivity index (χ2n) is 10.7. The average Bonchev–Trinajstić information content (AvgIpc) is 2.93. The largest absolute Gasteiger partial charge is 0.316 e. The van der Waals surface area contributed by atoms with Gasteiger partial charge in [-0.25, -0.2) is 0 Å². The number of benzene rings is 4. The van der Waals surface area contributed by atoms with Crippen LogP contribution in [-0.4, -0.2) is 5.54 Å². The Balaban J connectivity index is 1.70. The molecular weight excluding hydrogens is 475 g/mol. The van der Waals surface area contributed by atoms with Gasteiger partial charge in [-0.05, 0) is 43.0 Å². The van der Waals surface area contributed by atoms with Crippen molar-refractivity contribution in [3.05, 3.63) is 144 Å². The quantitative estimate of drug-likeness (QED) is 0.257. The van der Waals surface area contributed by atoms with Crippen molar-refractivity contribution in [2.75, 3.05) is 0 Å². The van der Waals surface area contributed by atoms with Crippen molar-refractivity contribution in [1.29, 1.82) is 0 Å². The van der Waals surface area contributed by atoms with Crippen LogP contribution >= 0.6 is 7.37 Å². The normalized spacial score (nSPS) is 24.9. The maximum atomic E-state index is 15.6. The zero-order chi connectivity index (χ0) is 25.9. The molecule has 1 unspecified atom stereocenters. The van der Waals surface area contributed by atoms with Gasteiger partial charge in [-0.3, -0.25) is 15.2 Å². The van der Waals surface area contributed by atoms with Crippen molar-refractivity contribution < 1.29 is 9.09 Å². The van der Waals surface area contributed by atoms with Gasteiger partial charge < -0.3 is 4.52 Å². The summed E-state index contributed by atoms with van der Waals surface area (Å²) >= 11 is 0. The highest BCUT2D eigenvalue weighted by Crippen LogP contribution is 2.73. The Kier molecular flexibility index (Phi) is 7.46. The lowest BCUT2D eigenvalue weighted by Crippen LogP contribution is -2.44. The number of rotatable bonds is 6. The molecule has 4 aromatic carbocycles. The topological polar surface area (TPSA) is 50.4 Å². The molecule has 0 spiro atoms. The molecule has 0 bridgehead atoms. The van der Waals surface area contributed by atoms with Gasteiger partial charge in [0.1, 0.15) is 17.7 Å². The van der Waals surface area contributed by atoms with Gasteiger partial charge in [0.25, 0.3) is 0 Å². The third-order valence-electron chi connectivity index (χ3n) is 6.73. The lowest BCUT2D eigenvalue weighted by molar-refractivity contribution is 0.116. The van der Waals surface area contributed by atoms with Gasteiger partial charge in [0.2, 0.25) is 7.37 Å². The highest BCUT2D eigenvalue weighted by Gasteiger charge is 2.52. The molecule has 0 amide bonds. The van der Waals surface area contributed by atoms with Gasteiger partial charge in [-0.2, -0.15) is 0 Å². The van der Waals surface area contributed by atoms with Crippen molar-refractivity contribution in [3.8, 4) is 0 Å². The van der Waals surface area contributed by atoms with E-state index in [0.717, 1.165) is 22.3 Å². The molecule has 5 heteroatoms. The van der Waals surface area contributed by atoms with E-state index < -0.39 is 25.0 Å². The summed E-state index contributed by atoms with van der Waals surface area (Å²) < 4.78 is 22.5. The van der Waals surface area contributed by atoms with Gasteiger partial charge in [0, 0.05) is 5.54 Å². The summed E-state index contributed by atoms with van der Waals surface area (Å²) in [4.78, 5) is 0. The first-order valence-electron chi connectivity index (χ1n) is 12.9. The zero-order valence-corrected chi connectivity index (χ0v) is 22.5. The van der Waals surface area contributed by atoms with Crippen molar-refractivity contribution in [2.45, 2.75) is 50.0 Å². The van der Waals surface area contributed by atoms with Crippen LogP contribution in [-0.2, 0) is 9.09 Å². The Hall–Kier alpha value is -3.01. The van der Waals surface area contributed by atoms with Gasteiger partial charge in [0.05, 0.1) is 6.04 Å². The van der Waals surface area contributed by atoms with E-state index in [-0.39, 0.29) is 11.6 Å². The third-order valence-corrected chi connectivity index (χ3v) is 9.60. The summed E-state index contributed by atoms with van der Waals surface area (Å²) in [5, 5.41) is 7.51. The molecule has 1 fully saturated rings. The Morgan fingerprint density at radius 1 is 0.703 bits per heavy atom. The molecule has 4 nitrogen and oxygen atoms in total. The van der Waals surface area contributed by atoms with E-state index in [0.29, 0.717) is 0 Å². The molecule has 1 aliphatic heterocycles. The van der Waals surface area contributed by atoms with Crippen LogP contribution in [0.1, 0.15) is 66.7 Å². The highest BCUT2D eigenvalue weighted by atomic mass is 31.2. The molecule has 4 aromatic rings. The Bertz CT molecular complexity index is 1330. The fourth-order valence-electron chi connectivity index (χ4n) is 5.06. The molecule has 5 rings (SSSR count). The number of nitrogens with one attached hydrogen (secondary N) is 2. The molecule has 1 aliphatic rings. The van der Waals surface area contributed by atoms with Crippen molar-refractivity contribution in [2.24, 2.45) is 0 Å². The average molecular weight is 511 g/mol. The molecule has 0 aromatic heterocycles. The van der Waals surface area contributed by atoms with Crippen LogP contribution in [0.4, 0.5) is 0 Å². The predicted molar refractivity (Wildman–Crippen MR) is 151 cm³/mol. The van der Waals surface area contributed by atoms with Crippen LogP contribution in [0.3, 0.4) is 0 Å². The fraction of sp³-hybridized carbons (Fsp3) is 0.250. The summed E-state index contributed by atoms with van der Waals surface area (Å²) in [5.74, 6) is -1.01. The highest BCUT2D eigenvalue weighted by molar-refractivity contribution is 7.59. The standard InChI is InChI=1S/C32H35N2O2P/c1-32(2,3)34-31(27-22-14-7-15-23-27)37(35)30(26-20-12-6-13-21-26)33-28(24-16-8-4-9-17-24)29(36-37)25-18-10-5-11-19-25/h4-23,28-31,33-34H,1-3H3/t28-,29+,30-,31-,37?/m0/s1. The minimum atomic E-state index is -3.48. The first-order chi connectivity index (χ1) is 17.9. The fourth-order valence-corrected chi connectivity index (χ4v) is 8.31. The van der Waals surface area contributed by atoms with Crippen molar-refractivity contribution in [3.63, 3.8) is 0 Å². The lowest BCUT2D eigenvalue weighted by atomic mass is 9.95. The van der Waals surface area contributed by atoms with Gasteiger partial charge in [-0.1, -0.05) is 121 Å². The van der Waals surface area contributed by atoms with Gasteiger partial charge >= 0.3 is 0 Å². The summed E-state index contributed by atoms with van der Waals surface area (Å²) in [6, 6.07) is 40.4. The van der Waals surface area contributed by atoms with E-state index in [4.69, 9.17) is 4.52 Å². The van der Waals surface area contributed by atoms with E-state index in [1.54, 1.807) is 0 Å². The zero-order valence-electron chi connectivity index (χ0n) is 21.6. The Labute approximate surface area is 220 Å². The van der Waals surface area contributed by atoms with Crippen molar-refractivity contribution >= 4 is 7.37 Å². The van der Waals surface area contributed by atoms with Crippen LogP contribution in [0.5, 0.6) is 0 Å². The third kappa shape index (κ3) is 5.63. The van der Waals surface area contributed by atoms with Crippen LogP contribution in [0, 0.1) is 0 Å². The maximum absolute atomic E-state index is 15.6. The summed E-state index contributed by atoms with van der Waals surface area (Å²) in [6.07, 6.45) is -0.428. The monoisotopic (exact) mass is 510 g/mol. The molecular formula is C32H35N2O2P. The van der Waals surface area contributed by atoms with Crippen molar-refractivity contribution in [1.82, 2.24) is 10.6 Å². The Morgan fingerprint density at radius 2 is 1.16 bits per heavy atom. The van der Waals surface area contributed by atoms with Gasteiger partial charge in [-0.15, -0.1) is 0 Å². The lowest BCUT2D eigenvalue weighted by Gasteiger charge is -2.47. The minimum Gasteiger partial charge on any atom is -0.316 e. The van der Waals surface area contributed by atoms with E-state index >= 15 is 4.57 Å². The SMILES string of the molecule is CC(C)(C)N[C@H](c1ccccc1)P1(=O)O[C@H](c2ccccc2)[C@H](c2ccccc2)N[C@@H]1c1ccccc1. The van der Waals surface area contributed by atoms with Gasteiger partial charge in [0.15, 0.2) is 0 Å². The van der Waals surface area contributed by atoms with Crippen LogP contribution < -0.4 is 10.6 Å². The molecule has 2 N–H and O–H groups in total.